The van der Waals surface area contributed by atoms with E-state index >= 15 is 0 Å². The second-order valence-corrected chi connectivity index (χ2v) is 6.79. The van der Waals surface area contributed by atoms with E-state index in [4.69, 9.17) is 4.74 Å². The van der Waals surface area contributed by atoms with E-state index in [1.165, 1.54) is 24.7 Å². The van der Waals surface area contributed by atoms with Gasteiger partial charge in [-0.1, -0.05) is 12.8 Å². The molecular formula is C19H24FN5O. The van der Waals surface area contributed by atoms with Crippen molar-refractivity contribution < 1.29 is 9.13 Å². The van der Waals surface area contributed by atoms with Crippen molar-refractivity contribution in [2.45, 2.75) is 31.7 Å². The maximum atomic E-state index is 14.0. The molecule has 2 N–H and O–H groups in total. The highest BCUT2D eigenvalue weighted by Gasteiger charge is 2.17. The molecule has 26 heavy (non-hydrogen) atoms. The first kappa shape index (κ1) is 17.0. The average molecular weight is 357 g/mol. The van der Waals surface area contributed by atoms with Gasteiger partial charge in [0, 0.05) is 30.5 Å². The molecule has 1 saturated carbocycles. The number of hydrogen-bond donors (Lipinski definition) is 2. The second-order valence-electron chi connectivity index (χ2n) is 6.79. The van der Waals surface area contributed by atoms with Crippen molar-refractivity contribution in [3.63, 3.8) is 0 Å². The molecule has 2 aliphatic rings. The fraction of sp³-hybridized carbons (Fsp3) is 0.474. The van der Waals surface area contributed by atoms with Crippen molar-refractivity contribution in [2.75, 3.05) is 41.8 Å². The number of rotatable bonds is 5. The van der Waals surface area contributed by atoms with Crippen LogP contribution < -0.4 is 15.5 Å². The van der Waals surface area contributed by atoms with Crippen molar-refractivity contribution in [3.05, 3.63) is 36.3 Å². The van der Waals surface area contributed by atoms with Crippen LogP contribution in [0.5, 0.6) is 0 Å². The molecule has 1 aromatic heterocycles. The summed E-state index contributed by atoms with van der Waals surface area (Å²) >= 11 is 0. The Bertz CT molecular complexity index is 727. The monoisotopic (exact) mass is 357 g/mol. The summed E-state index contributed by atoms with van der Waals surface area (Å²) < 4.78 is 19.4. The molecule has 0 unspecified atom stereocenters. The minimum Gasteiger partial charge on any atom is -0.378 e. The summed E-state index contributed by atoms with van der Waals surface area (Å²) in [5.41, 5.74) is 2.04. The van der Waals surface area contributed by atoms with Crippen LogP contribution >= 0.6 is 0 Å². The van der Waals surface area contributed by atoms with Gasteiger partial charge in [-0.15, -0.1) is 0 Å². The highest BCUT2D eigenvalue weighted by atomic mass is 19.1. The lowest BCUT2D eigenvalue weighted by Crippen LogP contribution is -2.36. The largest absolute Gasteiger partial charge is 0.378 e. The van der Waals surface area contributed by atoms with Gasteiger partial charge in [0.15, 0.2) is 11.6 Å². The summed E-state index contributed by atoms with van der Waals surface area (Å²) in [6.45, 7) is 3.34. The molecule has 138 valence electrons. The van der Waals surface area contributed by atoms with Crippen LogP contribution in [0.15, 0.2) is 30.5 Å². The van der Waals surface area contributed by atoms with E-state index in [0.717, 1.165) is 44.8 Å². The first-order chi connectivity index (χ1) is 12.8. The van der Waals surface area contributed by atoms with E-state index in [0.29, 0.717) is 12.0 Å². The minimum absolute atomic E-state index is 0.277. The molecule has 2 fully saturated rings. The Balaban J connectivity index is 1.43. The van der Waals surface area contributed by atoms with Crippen LogP contribution in [0.3, 0.4) is 0 Å². The number of ether oxygens (including phenoxy) is 1. The molecule has 1 aromatic carbocycles. The molecule has 0 atom stereocenters. The zero-order valence-electron chi connectivity index (χ0n) is 14.7. The summed E-state index contributed by atoms with van der Waals surface area (Å²) in [5.74, 6) is 0.260. The van der Waals surface area contributed by atoms with E-state index in [1.807, 2.05) is 12.1 Å². The Morgan fingerprint density at radius 3 is 2.54 bits per heavy atom. The lowest BCUT2D eigenvalue weighted by Gasteiger charge is -2.28. The topological polar surface area (TPSA) is 62.3 Å². The van der Waals surface area contributed by atoms with Crippen molar-refractivity contribution in [2.24, 2.45) is 0 Å². The number of morpholine rings is 1. The van der Waals surface area contributed by atoms with E-state index < -0.39 is 5.82 Å². The molecule has 7 heteroatoms. The quantitative estimate of drug-likeness (QED) is 0.853. The molecule has 0 amide bonds. The standard InChI is InChI=1S/C19H24FN5O/c20-17-13-21-19(24-18(17)22-14-3-1-2-4-14)23-15-5-7-16(8-6-15)25-9-11-26-12-10-25/h5-8,13-14H,1-4,9-12H2,(H2,21,22,23,24). The van der Waals surface area contributed by atoms with Crippen LogP contribution in [-0.4, -0.2) is 42.3 Å². The molecule has 2 heterocycles. The molecule has 2 aromatic rings. The van der Waals surface area contributed by atoms with Gasteiger partial charge in [-0.2, -0.15) is 4.98 Å². The number of anilines is 4. The van der Waals surface area contributed by atoms with Gasteiger partial charge in [0.25, 0.3) is 0 Å². The molecule has 0 radical (unpaired) electrons. The number of halogens is 1. The normalized spacial score (nSPS) is 18.1. The Hall–Kier alpha value is -2.41. The van der Waals surface area contributed by atoms with Crippen molar-refractivity contribution in [1.29, 1.82) is 0 Å². The maximum absolute atomic E-state index is 14.0. The first-order valence-electron chi connectivity index (χ1n) is 9.27. The average Bonchev–Trinajstić information content (AvgIpc) is 3.19. The molecule has 1 aliphatic heterocycles. The number of nitrogens with zero attached hydrogens (tertiary/aromatic N) is 3. The van der Waals surface area contributed by atoms with Crippen LogP contribution in [0.4, 0.5) is 27.5 Å². The summed E-state index contributed by atoms with van der Waals surface area (Å²) in [7, 11) is 0. The van der Waals surface area contributed by atoms with Crippen molar-refractivity contribution in [1.82, 2.24) is 9.97 Å². The zero-order valence-corrected chi connectivity index (χ0v) is 14.7. The lowest BCUT2D eigenvalue weighted by atomic mass is 10.2. The first-order valence-corrected chi connectivity index (χ1v) is 9.27. The zero-order chi connectivity index (χ0) is 17.8. The van der Waals surface area contributed by atoms with E-state index in [1.54, 1.807) is 0 Å². The van der Waals surface area contributed by atoms with Crippen LogP contribution in [0, 0.1) is 5.82 Å². The molecule has 0 spiro atoms. The highest BCUT2D eigenvalue weighted by Crippen LogP contribution is 2.24. The SMILES string of the molecule is Fc1cnc(Nc2ccc(N3CCOCC3)cc2)nc1NC1CCCC1. The van der Waals surface area contributed by atoms with Crippen LogP contribution in [0.2, 0.25) is 0 Å². The van der Waals surface area contributed by atoms with Crippen LogP contribution in [0.25, 0.3) is 0 Å². The third-order valence-corrected chi connectivity index (χ3v) is 4.94. The Morgan fingerprint density at radius 2 is 1.81 bits per heavy atom. The summed E-state index contributed by atoms with van der Waals surface area (Å²) in [5, 5.41) is 6.36. The van der Waals surface area contributed by atoms with Crippen molar-refractivity contribution in [3.8, 4) is 0 Å². The predicted molar refractivity (Wildman–Crippen MR) is 101 cm³/mol. The number of benzene rings is 1. The van der Waals surface area contributed by atoms with Gasteiger partial charge in [-0.3, -0.25) is 0 Å². The molecule has 0 bridgehead atoms. The number of hydrogen-bond acceptors (Lipinski definition) is 6. The smallest absolute Gasteiger partial charge is 0.229 e. The van der Waals surface area contributed by atoms with E-state index in [9.17, 15) is 4.39 Å². The van der Waals surface area contributed by atoms with Gasteiger partial charge >= 0.3 is 0 Å². The van der Waals surface area contributed by atoms with Gasteiger partial charge in [-0.05, 0) is 37.1 Å². The molecule has 4 rings (SSSR count). The molecule has 6 nitrogen and oxygen atoms in total. The molecule has 1 saturated heterocycles. The third kappa shape index (κ3) is 4.04. The highest BCUT2D eigenvalue weighted by molar-refractivity contribution is 5.60. The van der Waals surface area contributed by atoms with E-state index in [2.05, 4.69) is 37.6 Å². The number of nitrogens with one attached hydrogen (secondary N) is 2. The van der Waals surface area contributed by atoms with Gasteiger partial charge in [0.05, 0.1) is 19.4 Å². The van der Waals surface area contributed by atoms with Crippen molar-refractivity contribution >= 4 is 23.1 Å². The van der Waals surface area contributed by atoms with Crippen LogP contribution in [0.1, 0.15) is 25.7 Å². The fourth-order valence-electron chi connectivity index (χ4n) is 3.50. The summed E-state index contributed by atoms with van der Waals surface area (Å²) in [4.78, 5) is 10.7. The lowest BCUT2D eigenvalue weighted by molar-refractivity contribution is 0.122. The fourth-order valence-corrected chi connectivity index (χ4v) is 3.50. The number of aromatic nitrogens is 2. The Kier molecular flexibility index (Phi) is 5.15. The van der Waals surface area contributed by atoms with Crippen LogP contribution in [-0.2, 0) is 4.74 Å². The summed E-state index contributed by atoms with van der Waals surface area (Å²) in [6, 6.07) is 8.41. The maximum Gasteiger partial charge on any atom is 0.229 e. The Labute approximate surface area is 152 Å². The van der Waals surface area contributed by atoms with Gasteiger partial charge < -0.3 is 20.3 Å². The molecular weight excluding hydrogens is 333 g/mol. The van der Waals surface area contributed by atoms with Gasteiger partial charge in [-0.25, -0.2) is 9.37 Å². The Morgan fingerprint density at radius 1 is 1.08 bits per heavy atom. The third-order valence-electron chi connectivity index (χ3n) is 4.94. The molecule has 1 aliphatic carbocycles. The van der Waals surface area contributed by atoms with Gasteiger partial charge in [0.1, 0.15) is 0 Å². The minimum atomic E-state index is -0.412. The van der Waals surface area contributed by atoms with Gasteiger partial charge in [0.2, 0.25) is 5.95 Å². The predicted octanol–water partition coefficient (Wildman–Crippen LogP) is 3.55. The van der Waals surface area contributed by atoms with E-state index in [-0.39, 0.29) is 5.82 Å². The summed E-state index contributed by atoms with van der Waals surface area (Å²) in [6.07, 6.45) is 5.72. The second kappa shape index (κ2) is 7.86.